The molecule has 0 bridgehead atoms. The number of aromatic hydroxyl groups is 1. The summed E-state index contributed by atoms with van der Waals surface area (Å²) in [5.74, 6) is -2.52. The number of carbonyl (C=O) groups is 2. The van der Waals surface area contributed by atoms with Crippen LogP contribution < -0.4 is 5.32 Å². The van der Waals surface area contributed by atoms with E-state index in [1.165, 1.54) is 6.20 Å². The fraction of sp³-hybridized carbons (Fsp3) is 0.200. The van der Waals surface area contributed by atoms with E-state index in [0.29, 0.717) is 5.69 Å². The van der Waals surface area contributed by atoms with Gasteiger partial charge in [0.25, 0.3) is 5.91 Å². The molecule has 7 nitrogen and oxygen atoms in total. The number of aryl methyl sites for hydroxylation is 1. The Labute approximate surface area is 126 Å². The number of carbonyl (C=O) groups excluding carboxylic acids is 1. The molecule has 0 aliphatic rings. The van der Waals surface area contributed by atoms with Gasteiger partial charge in [0.1, 0.15) is 6.54 Å². The van der Waals surface area contributed by atoms with E-state index >= 15 is 0 Å². The summed E-state index contributed by atoms with van der Waals surface area (Å²) < 4.78 is 0. The maximum Gasteiger partial charge on any atom is 0.322 e. The third-order valence-electron chi connectivity index (χ3n) is 3.03. The van der Waals surface area contributed by atoms with E-state index in [1.807, 2.05) is 31.2 Å². The molecule has 0 unspecified atom stereocenters. The van der Waals surface area contributed by atoms with Crippen molar-refractivity contribution in [3.05, 3.63) is 41.7 Å². The van der Waals surface area contributed by atoms with Crippen molar-refractivity contribution >= 4 is 11.9 Å². The number of hydrogen-bond acceptors (Lipinski definition) is 5. The maximum atomic E-state index is 11.8. The van der Waals surface area contributed by atoms with Crippen molar-refractivity contribution in [3.8, 4) is 17.1 Å². The lowest BCUT2D eigenvalue weighted by molar-refractivity contribution is -0.135. The summed E-state index contributed by atoms with van der Waals surface area (Å²) >= 11 is 0. The first-order valence-electron chi connectivity index (χ1n) is 6.66. The number of rotatable bonds is 5. The Balaban J connectivity index is 2.28. The molecule has 3 N–H and O–H groups in total. The number of amides is 1. The van der Waals surface area contributed by atoms with Crippen LogP contribution in [-0.2, 0) is 11.2 Å². The molecule has 2 rings (SSSR count). The maximum absolute atomic E-state index is 11.8. The molecular weight excluding hydrogens is 286 g/mol. The van der Waals surface area contributed by atoms with Gasteiger partial charge in [-0.15, -0.1) is 0 Å². The monoisotopic (exact) mass is 301 g/mol. The molecule has 1 amide bonds. The quantitative estimate of drug-likeness (QED) is 0.765. The Morgan fingerprint density at radius 1 is 1.23 bits per heavy atom. The van der Waals surface area contributed by atoms with E-state index in [1.54, 1.807) is 0 Å². The third kappa shape index (κ3) is 3.57. The zero-order valence-electron chi connectivity index (χ0n) is 11.9. The second-order valence-corrected chi connectivity index (χ2v) is 4.55. The standard InChI is InChI=1S/C15H15N3O4/c1-2-9-3-5-10(6-4-9)11-7-16-14(21)13(18-11)15(22)17-8-12(19)20/h3-7H,2,8H2,1H3,(H,16,21)(H,17,22)(H,19,20). The number of carboxylic acid groups (broad SMARTS) is 1. The summed E-state index contributed by atoms with van der Waals surface area (Å²) in [4.78, 5) is 30.1. The topological polar surface area (TPSA) is 112 Å². The molecule has 2 aromatic rings. The first kappa shape index (κ1) is 15.4. The third-order valence-corrected chi connectivity index (χ3v) is 3.03. The summed E-state index contributed by atoms with van der Waals surface area (Å²) in [5.41, 5.74) is 2.02. The number of hydrogen-bond donors (Lipinski definition) is 3. The molecule has 1 aromatic heterocycles. The van der Waals surface area contributed by atoms with E-state index < -0.39 is 24.3 Å². The highest BCUT2D eigenvalue weighted by Gasteiger charge is 2.16. The Morgan fingerprint density at radius 2 is 1.91 bits per heavy atom. The number of nitrogens with zero attached hydrogens (tertiary/aromatic N) is 2. The van der Waals surface area contributed by atoms with Crippen LogP contribution in [0.5, 0.6) is 5.88 Å². The second kappa shape index (κ2) is 6.66. The first-order chi connectivity index (χ1) is 10.5. The molecular formula is C15H15N3O4. The fourth-order valence-corrected chi connectivity index (χ4v) is 1.82. The van der Waals surface area contributed by atoms with Crippen LogP contribution in [0.3, 0.4) is 0 Å². The highest BCUT2D eigenvalue weighted by Crippen LogP contribution is 2.20. The molecule has 0 atom stereocenters. The van der Waals surface area contributed by atoms with Crippen LogP contribution in [0.25, 0.3) is 11.3 Å². The first-order valence-corrected chi connectivity index (χ1v) is 6.66. The van der Waals surface area contributed by atoms with E-state index in [4.69, 9.17) is 5.11 Å². The minimum Gasteiger partial charge on any atom is -0.492 e. The van der Waals surface area contributed by atoms with Gasteiger partial charge in [-0.2, -0.15) is 0 Å². The molecule has 0 saturated carbocycles. The Bertz CT molecular complexity index is 698. The minimum absolute atomic E-state index is 0.307. The zero-order chi connectivity index (χ0) is 16.1. The number of benzene rings is 1. The largest absolute Gasteiger partial charge is 0.492 e. The molecule has 0 aliphatic heterocycles. The van der Waals surface area contributed by atoms with Crippen LogP contribution in [0, 0.1) is 0 Å². The molecule has 22 heavy (non-hydrogen) atoms. The van der Waals surface area contributed by atoms with Crippen molar-refractivity contribution in [1.29, 1.82) is 0 Å². The van der Waals surface area contributed by atoms with Gasteiger partial charge in [0, 0.05) is 5.56 Å². The molecule has 0 radical (unpaired) electrons. The Kier molecular flexibility index (Phi) is 4.67. The van der Waals surface area contributed by atoms with Gasteiger partial charge in [-0.05, 0) is 12.0 Å². The number of carboxylic acids is 1. The van der Waals surface area contributed by atoms with Crippen molar-refractivity contribution in [3.63, 3.8) is 0 Å². The van der Waals surface area contributed by atoms with Gasteiger partial charge in [0.05, 0.1) is 11.9 Å². The van der Waals surface area contributed by atoms with Gasteiger partial charge in [-0.1, -0.05) is 31.2 Å². The van der Waals surface area contributed by atoms with Crippen molar-refractivity contribution in [2.24, 2.45) is 0 Å². The molecule has 0 spiro atoms. The van der Waals surface area contributed by atoms with Crippen molar-refractivity contribution in [2.45, 2.75) is 13.3 Å². The van der Waals surface area contributed by atoms with E-state index in [-0.39, 0.29) is 5.69 Å². The predicted molar refractivity (Wildman–Crippen MR) is 78.5 cm³/mol. The van der Waals surface area contributed by atoms with Gasteiger partial charge in [0.15, 0.2) is 5.69 Å². The summed E-state index contributed by atoms with van der Waals surface area (Å²) in [5, 5.41) is 20.3. The molecule has 0 saturated heterocycles. The fourth-order valence-electron chi connectivity index (χ4n) is 1.82. The lowest BCUT2D eigenvalue weighted by Gasteiger charge is -2.07. The van der Waals surface area contributed by atoms with Crippen LogP contribution in [-0.4, -0.2) is 38.6 Å². The molecule has 0 aliphatic carbocycles. The number of aliphatic carboxylic acids is 1. The summed E-state index contributed by atoms with van der Waals surface area (Å²) in [7, 11) is 0. The van der Waals surface area contributed by atoms with Crippen molar-refractivity contribution < 1.29 is 19.8 Å². The van der Waals surface area contributed by atoms with Crippen LogP contribution >= 0.6 is 0 Å². The number of nitrogens with one attached hydrogen (secondary N) is 1. The Hall–Kier alpha value is -2.96. The molecule has 1 heterocycles. The molecule has 1 aromatic carbocycles. The lowest BCUT2D eigenvalue weighted by atomic mass is 10.1. The second-order valence-electron chi connectivity index (χ2n) is 4.55. The van der Waals surface area contributed by atoms with E-state index in [0.717, 1.165) is 17.5 Å². The average Bonchev–Trinajstić information content (AvgIpc) is 2.53. The molecule has 0 fully saturated rings. The van der Waals surface area contributed by atoms with Gasteiger partial charge in [-0.3, -0.25) is 9.59 Å². The Morgan fingerprint density at radius 3 is 2.50 bits per heavy atom. The van der Waals surface area contributed by atoms with Gasteiger partial charge >= 0.3 is 5.97 Å². The minimum atomic E-state index is -1.19. The van der Waals surface area contributed by atoms with Gasteiger partial charge in [-0.25, -0.2) is 9.97 Å². The van der Waals surface area contributed by atoms with Crippen LogP contribution in [0.4, 0.5) is 0 Å². The van der Waals surface area contributed by atoms with Gasteiger partial charge in [0.2, 0.25) is 5.88 Å². The van der Waals surface area contributed by atoms with E-state index in [9.17, 15) is 14.7 Å². The lowest BCUT2D eigenvalue weighted by Crippen LogP contribution is -2.30. The van der Waals surface area contributed by atoms with Crippen molar-refractivity contribution in [2.75, 3.05) is 6.54 Å². The van der Waals surface area contributed by atoms with Crippen molar-refractivity contribution in [1.82, 2.24) is 15.3 Å². The summed E-state index contributed by atoms with van der Waals surface area (Å²) in [6.07, 6.45) is 2.26. The molecule has 7 heteroatoms. The average molecular weight is 301 g/mol. The zero-order valence-corrected chi connectivity index (χ0v) is 11.9. The highest BCUT2D eigenvalue weighted by atomic mass is 16.4. The van der Waals surface area contributed by atoms with Crippen LogP contribution in [0.15, 0.2) is 30.5 Å². The van der Waals surface area contributed by atoms with Crippen LogP contribution in [0.1, 0.15) is 23.0 Å². The SMILES string of the molecule is CCc1ccc(-c2cnc(O)c(C(=O)NCC(=O)O)n2)cc1. The normalized spacial score (nSPS) is 10.2. The van der Waals surface area contributed by atoms with Crippen LogP contribution in [0.2, 0.25) is 0 Å². The highest BCUT2D eigenvalue weighted by molar-refractivity contribution is 5.96. The number of aromatic nitrogens is 2. The molecule has 114 valence electrons. The smallest absolute Gasteiger partial charge is 0.322 e. The van der Waals surface area contributed by atoms with Gasteiger partial charge < -0.3 is 15.5 Å². The summed E-state index contributed by atoms with van der Waals surface area (Å²) in [6.45, 7) is 1.48. The summed E-state index contributed by atoms with van der Waals surface area (Å²) in [6, 6.07) is 7.57. The predicted octanol–water partition coefficient (Wildman–Crippen LogP) is 1.23. The van der Waals surface area contributed by atoms with E-state index in [2.05, 4.69) is 15.3 Å².